The van der Waals surface area contributed by atoms with E-state index >= 15 is 0 Å². The number of anilines is 2. The van der Waals surface area contributed by atoms with Gasteiger partial charge in [-0.15, -0.1) is 0 Å². The second kappa shape index (κ2) is 8.56. The Morgan fingerprint density at radius 1 is 0.929 bits per heavy atom. The van der Waals surface area contributed by atoms with Gasteiger partial charge in [0.15, 0.2) is 5.78 Å². The average Bonchev–Trinajstić information content (AvgIpc) is 2.73. The molecule has 2 aromatic rings. The van der Waals surface area contributed by atoms with E-state index in [1.165, 1.54) is 7.11 Å². The van der Waals surface area contributed by atoms with Crippen LogP contribution >= 0.6 is 0 Å². The van der Waals surface area contributed by atoms with E-state index in [1.807, 2.05) is 24.3 Å². The molecule has 0 unspecified atom stereocenters. The van der Waals surface area contributed by atoms with Crippen LogP contribution in [0.1, 0.15) is 27.6 Å². The van der Waals surface area contributed by atoms with Crippen LogP contribution in [0.2, 0.25) is 0 Å². The van der Waals surface area contributed by atoms with Crippen molar-refractivity contribution >= 4 is 29.2 Å². The number of carbonyl (C=O) groups is 3. The number of hydrogen-bond acceptors (Lipinski definition) is 5. The fourth-order valence-electron chi connectivity index (χ4n) is 3.15. The van der Waals surface area contributed by atoms with Gasteiger partial charge in [-0.3, -0.25) is 4.79 Å². The Hall–Kier alpha value is -3.35. The van der Waals surface area contributed by atoms with Crippen molar-refractivity contribution in [3.05, 3.63) is 59.7 Å². The minimum Gasteiger partial charge on any atom is -0.465 e. The number of methoxy groups -OCH3 is 1. The molecule has 2 amide bonds. The zero-order valence-corrected chi connectivity index (χ0v) is 16.0. The summed E-state index contributed by atoms with van der Waals surface area (Å²) < 4.78 is 4.76. The van der Waals surface area contributed by atoms with E-state index in [0.717, 1.165) is 5.69 Å². The van der Waals surface area contributed by atoms with E-state index in [9.17, 15) is 14.4 Å². The predicted octanol–water partition coefficient (Wildman–Crippen LogP) is 3.03. The highest BCUT2D eigenvalue weighted by Crippen LogP contribution is 2.20. The molecule has 0 aromatic heterocycles. The Kier molecular flexibility index (Phi) is 5.93. The quantitative estimate of drug-likeness (QED) is 0.651. The summed E-state index contributed by atoms with van der Waals surface area (Å²) >= 11 is 0. The number of carbonyl (C=O) groups excluding carboxylic acids is 3. The first-order valence-electron chi connectivity index (χ1n) is 9.09. The van der Waals surface area contributed by atoms with E-state index in [-0.39, 0.29) is 11.8 Å². The van der Waals surface area contributed by atoms with Crippen molar-refractivity contribution in [3.63, 3.8) is 0 Å². The Bertz CT molecular complexity index is 871. The van der Waals surface area contributed by atoms with Gasteiger partial charge in [-0.2, -0.15) is 0 Å². The maximum Gasteiger partial charge on any atom is 0.339 e. The van der Waals surface area contributed by atoms with Crippen molar-refractivity contribution in [2.24, 2.45) is 0 Å². The molecule has 7 heteroatoms. The summed E-state index contributed by atoms with van der Waals surface area (Å²) in [5.74, 6) is -0.449. The summed E-state index contributed by atoms with van der Waals surface area (Å²) in [6, 6.07) is 14.0. The third-order valence-electron chi connectivity index (χ3n) is 4.78. The monoisotopic (exact) mass is 381 g/mol. The van der Waals surface area contributed by atoms with Crippen LogP contribution in [0.3, 0.4) is 0 Å². The molecule has 0 radical (unpaired) electrons. The third kappa shape index (κ3) is 4.31. The van der Waals surface area contributed by atoms with Gasteiger partial charge in [0.05, 0.1) is 18.4 Å². The molecular formula is C21H23N3O4. The lowest BCUT2D eigenvalue weighted by atomic mass is 10.1. The molecule has 1 aliphatic rings. The van der Waals surface area contributed by atoms with Gasteiger partial charge in [-0.05, 0) is 43.3 Å². The van der Waals surface area contributed by atoms with E-state index < -0.39 is 5.97 Å². The molecular weight excluding hydrogens is 358 g/mol. The van der Waals surface area contributed by atoms with Crippen molar-refractivity contribution in [2.45, 2.75) is 6.92 Å². The lowest BCUT2D eigenvalue weighted by Crippen LogP contribution is -2.50. The van der Waals surface area contributed by atoms with Gasteiger partial charge in [0, 0.05) is 37.4 Å². The van der Waals surface area contributed by atoms with Crippen LogP contribution < -0.4 is 10.2 Å². The van der Waals surface area contributed by atoms with Gasteiger partial charge in [0.2, 0.25) is 0 Å². The van der Waals surface area contributed by atoms with Crippen LogP contribution in [0.15, 0.2) is 48.5 Å². The summed E-state index contributed by atoms with van der Waals surface area (Å²) in [5.41, 5.74) is 2.47. The van der Waals surface area contributed by atoms with Crippen LogP contribution in [0.25, 0.3) is 0 Å². The molecule has 0 atom stereocenters. The van der Waals surface area contributed by atoms with Gasteiger partial charge in [0.25, 0.3) is 0 Å². The minimum absolute atomic E-state index is 0.0419. The highest BCUT2D eigenvalue weighted by atomic mass is 16.5. The molecule has 146 valence electrons. The van der Waals surface area contributed by atoms with E-state index in [0.29, 0.717) is 43.0 Å². The Morgan fingerprint density at radius 3 is 2.18 bits per heavy atom. The number of esters is 1. The summed E-state index contributed by atoms with van der Waals surface area (Å²) in [6.45, 7) is 4.03. The number of para-hydroxylation sites is 1. The summed E-state index contributed by atoms with van der Waals surface area (Å²) in [6.07, 6.45) is 0. The van der Waals surface area contributed by atoms with Gasteiger partial charge < -0.3 is 19.9 Å². The molecule has 0 spiro atoms. The molecule has 1 saturated heterocycles. The van der Waals surface area contributed by atoms with Crippen LogP contribution in [0, 0.1) is 0 Å². The van der Waals surface area contributed by atoms with Crippen molar-refractivity contribution in [1.29, 1.82) is 0 Å². The molecule has 1 aliphatic heterocycles. The van der Waals surface area contributed by atoms with Gasteiger partial charge in [-0.25, -0.2) is 9.59 Å². The lowest BCUT2D eigenvalue weighted by Gasteiger charge is -2.36. The second-order valence-corrected chi connectivity index (χ2v) is 6.54. The molecule has 28 heavy (non-hydrogen) atoms. The van der Waals surface area contributed by atoms with Crippen molar-refractivity contribution in [3.8, 4) is 0 Å². The number of hydrogen-bond donors (Lipinski definition) is 1. The Morgan fingerprint density at radius 2 is 1.57 bits per heavy atom. The fourth-order valence-corrected chi connectivity index (χ4v) is 3.15. The summed E-state index contributed by atoms with van der Waals surface area (Å²) in [4.78, 5) is 39.7. The predicted molar refractivity (Wildman–Crippen MR) is 107 cm³/mol. The molecule has 0 aliphatic carbocycles. The molecule has 0 bridgehead atoms. The SMILES string of the molecule is COC(=O)c1ccccc1NC(=O)N1CCN(c2ccc(C(C)=O)cc2)CC1. The Balaban J connectivity index is 1.60. The summed E-state index contributed by atoms with van der Waals surface area (Å²) in [5, 5.41) is 2.80. The van der Waals surface area contributed by atoms with E-state index in [2.05, 4.69) is 10.2 Å². The molecule has 1 N–H and O–H groups in total. The number of amides is 2. The van der Waals surface area contributed by atoms with Crippen LogP contribution in [-0.2, 0) is 4.74 Å². The first-order valence-corrected chi connectivity index (χ1v) is 9.09. The highest BCUT2D eigenvalue weighted by Gasteiger charge is 2.23. The number of nitrogens with zero attached hydrogens (tertiary/aromatic N) is 2. The largest absolute Gasteiger partial charge is 0.465 e. The van der Waals surface area contributed by atoms with Crippen molar-refractivity contribution in [2.75, 3.05) is 43.5 Å². The third-order valence-corrected chi connectivity index (χ3v) is 4.78. The molecule has 7 nitrogen and oxygen atoms in total. The summed E-state index contributed by atoms with van der Waals surface area (Å²) in [7, 11) is 1.31. The molecule has 2 aromatic carbocycles. The molecule has 0 saturated carbocycles. The smallest absolute Gasteiger partial charge is 0.339 e. The second-order valence-electron chi connectivity index (χ2n) is 6.54. The van der Waals surface area contributed by atoms with Crippen LogP contribution in [0.4, 0.5) is 16.2 Å². The average molecular weight is 381 g/mol. The number of urea groups is 1. The maximum atomic E-state index is 12.6. The number of piperazine rings is 1. The lowest BCUT2D eigenvalue weighted by molar-refractivity contribution is 0.0601. The normalized spacial score (nSPS) is 13.8. The topological polar surface area (TPSA) is 79.0 Å². The molecule has 3 rings (SSSR count). The number of nitrogens with one attached hydrogen (secondary N) is 1. The van der Waals surface area contributed by atoms with Gasteiger partial charge >= 0.3 is 12.0 Å². The number of Topliss-reactive ketones (excluding diaryl/α,β-unsaturated/α-hetero) is 1. The highest BCUT2D eigenvalue weighted by molar-refractivity contribution is 6.00. The fraction of sp³-hybridized carbons (Fsp3) is 0.286. The maximum absolute atomic E-state index is 12.6. The first-order chi connectivity index (χ1) is 13.5. The van der Waals surface area contributed by atoms with Gasteiger partial charge in [0.1, 0.15) is 0 Å². The first kappa shape index (κ1) is 19.4. The van der Waals surface area contributed by atoms with Crippen LogP contribution in [0.5, 0.6) is 0 Å². The number of rotatable bonds is 4. The standard InChI is InChI=1S/C21H23N3O4/c1-15(25)16-7-9-17(10-8-16)23-11-13-24(14-12-23)21(27)22-19-6-4-3-5-18(19)20(26)28-2/h3-10H,11-14H2,1-2H3,(H,22,27). The molecule has 1 fully saturated rings. The zero-order valence-electron chi connectivity index (χ0n) is 16.0. The number of benzene rings is 2. The van der Waals surface area contributed by atoms with Gasteiger partial charge in [-0.1, -0.05) is 12.1 Å². The zero-order chi connectivity index (χ0) is 20.1. The van der Waals surface area contributed by atoms with Crippen molar-refractivity contribution in [1.82, 2.24) is 4.90 Å². The molecule has 1 heterocycles. The van der Waals surface area contributed by atoms with Crippen LogP contribution in [-0.4, -0.2) is 56.0 Å². The number of ketones is 1. The van der Waals surface area contributed by atoms with E-state index in [4.69, 9.17) is 4.74 Å². The Labute approximate surface area is 163 Å². The van der Waals surface area contributed by atoms with Crippen molar-refractivity contribution < 1.29 is 19.1 Å². The van der Waals surface area contributed by atoms with E-state index in [1.54, 1.807) is 36.1 Å². The number of ether oxygens (including phenoxy) is 1. The minimum atomic E-state index is -0.491.